The Balaban J connectivity index is 0.00000220. The van der Waals surface area contributed by atoms with Gasteiger partial charge < -0.3 is 5.32 Å². The molecule has 0 aliphatic heterocycles. The second-order valence-corrected chi connectivity index (χ2v) is 4.89. The van der Waals surface area contributed by atoms with Crippen LogP contribution in [0.15, 0.2) is 18.2 Å². The number of rotatable bonds is 4. The Bertz CT molecular complexity index is 446. The molecule has 0 aromatic heterocycles. The Hall–Kier alpha value is -0.950. The van der Waals surface area contributed by atoms with Crippen LogP contribution in [0.1, 0.15) is 29.5 Å². The van der Waals surface area contributed by atoms with Crippen molar-refractivity contribution in [2.24, 2.45) is 0 Å². The first kappa shape index (κ1) is 18.1. The zero-order chi connectivity index (χ0) is 15.0. The molecular weight excluding hydrogens is 320 g/mol. The van der Waals surface area contributed by atoms with E-state index < -0.39 is 23.5 Å². The summed E-state index contributed by atoms with van der Waals surface area (Å²) in [5, 5.41) is 3.06. The van der Waals surface area contributed by atoms with Crippen molar-refractivity contribution in [2.75, 3.05) is 6.54 Å². The molecule has 21 heavy (non-hydrogen) atoms. The Morgan fingerprint density at radius 3 is 1.76 bits per heavy atom. The van der Waals surface area contributed by atoms with Gasteiger partial charge in [0.2, 0.25) is 0 Å². The minimum Gasteiger partial charge on any atom is -0.314 e. The fourth-order valence-corrected chi connectivity index (χ4v) is 1.87. The summed E-state index contributed by atoms with van der Waals surface area (Å²) in [7, 11) is 0. The van der Waals surface area contributed by atoms with Gasteiger partial charge in [-0.2, -0.15) is 26.3 Å². The van der Waals surface area contributed by atoms with E-state index in [0.29, 0.717) is 12.6 Å². The summed E-state index contributed by atoms with van der Waals surface area (Å²) in [5.74, 6) is 0. The Kier molecular flexibility index (Phi) is 5.55. The summed E-state index contributed by atoms with van der Waals surface area (Å²) in [5.41, 5.74) is -2.47. The van der Waals surface area contributed by atoms with Gasteiger partial charge in [-0.05, 0) is 49.6 Å². The van der Waals surface area contributed by atoms with Crippen molar-refractivity contribution in [2.45, 2.75) is 37.7 Å². The summed E-state index contributed by atoms with van der Waals surface area (Å²) in [4.78, 5) is 0. The van der Waals surface area contributed by atoms with Crippen LogP contribution in [0, 0.1) is 0 Å². The fourth-order valence-electron chi connectivity index (χ4n) is 1.87. The van der Waals surface area contributed by atoms with Crippen molar-refractivity contribution in [3.8, 4) is 0 Å². The molecule has 1 fully saturated rings. The monoisotopic (exact) mass is 333 g/mol. The second kappa shape index (κ2) is 6.44. The minimum absolute atomic E-state index is 0. The number of hydrogen-bond acceptors (Lipinski definition) is 1. The molecule has 2 rings (SSSR count). The number of hydrogen-bond donors (Lipinski definition) is 1. The molecule has 0 bridgehead atoms. The first-order valence-electron chi connectivity index (χ1n) is 6.18. The minimum atomic E-state index is -4.78. The summed E-state index contributed by atoms with van der Waals surface area (Å²) in [6.07, 6.45) is -7.39. The molecule has 0 atom stereocenters. The third-order valence-corrected chi connectivity index (χ3v) is 3.07. The molecule has 1 N–H and O–H groups in total. The lowest BCUT2D eigenvalue weighted by Gasteiger charge is -2.14. The van der Waals surface area contributed by atoms with Gasteiger partial charge in [-0.1, -0.05) is 0 Å². The molecular formula is C13H14ClF6N. The zero-order valence-electron chi connectivity index (χ0n) is 10.8. The third kappa shape index (κ3) is 5.39. The van der Waals surface area contributed by atoms with Gasteiger partial charge in [0.05, 0.1) is 11.1 Å². The molecule has 0 heterocycles. The number of nitrogens with one attached hydrogen (secondary N) is 1. The van der Waals surface area contributed by atoms with E-state index in [4.69, 9.17) is 0 Å². The lowest BCUT2D eigenvalue weighted by atomic mass is 10.0. The molecule has 1 nitrogen and oxygen atoms in total. The van der Waals surface area contributed by atoms with Gasteiger partial charge in [-0.25, -0.2) is 0 Å². The van der Waals surface area contributed by atoms with Gasteiger partial charge in [-0.3, -0.25) is 0 Å². The van der Waals surface area contributed by atoms with E-state index in [-0.39, 0.29) is 30.5 Å². The van der Waals surface area contributed by atoms with Gasteiger partial charge in [0.25, 0.3) is 0 Å². The van der Waals surface area contributed by atoms with Crippen LogP contribution in [0.5, 0.6) is 0 Å². The number of halogens is 7. The van der Waals surface area contributed by atoms with Crippen LogP contribution >= 0.6 is 12.4 Å². The summed E-state index contributed by atoms with van der Waals surface area (Å²) in [6, 6.07) is 2.08. The molecule has 1 aliphatic rings. The van der Waals surface area contributed by atoms with Crippen molar-refractivity contribution >= 4 is 12.4 Å². The first-order chi connectivity index (χ1) is 9.16. The van der Waals surface area contributed by atoms with Crippen LogP contribution in [-0.2, 0) is 18.8 Å². The summed E-state index contributed by atoms with van der Waals surface area (Å²) < 4.78 is 75.7. The quantitative estimate of drug-likeness (QED) is 0.803. The van der Waals surface area contributed by atoms with E-state index in [2.05, 4.69) is 5.32 Å². The predicted octanol–water partition coefficient (Wildman–Crippen LogP) is 4.44. The van der Waals surface area contributed by atoms with E-state index in [0.717, 1.165) is 25.0 Å². The van der Waals surface area contributed by atoms with Gasteiger partial charge in [0.1, 0.15) is 0 Å². The molecule has 1 aromatic carbocycles. The average Bonchev–Trinajstić information content (AvgIpc) is 3.10. The second-order valence-electron chi connectivity index (χ2n) is 4.89. The smallest absolute Gasteiger partial charge is 0.314 e. The number of alkyl halides is 6. The highest BCUT2D eigenvalue weighted by Crippen LogP contribution is 2.36. The highest BCUT2D eigenvalue weighted by Gasteiger charge is 2.36. The Labute approximate surface area is 124 Å². The summed E-state index contributed by atoms with van der Waals surface area (Å²) in [6.45, 7) is 0.378. The normalized spacial score (nSPS) is 15.7. The highest BCUT2D eigenvalue weighted by atomic mass is 35.5. The van der Waals surface area contributed by atoms with Crippen LogP contribution in [0.25, 0.3) is 0 Å². The fraction of sp³-hybridized carbons (Fsp3) is 0.538. The van der Waals surface area contributed by atoms with E-state index in [1.54, 1.807) is 0 Å². The topological polar surface area (TPSA) is 12.0 Å². The van der Waals surface area contributed by atoms with E-state index in [1.807, 2.05) is 0 Å². The molecule has 0 saturated heterocycles. The standard InChI is InChI=1S/C13H13F6N.ClH/c14-12(15,16)9-5-8(3-4-20-11-1-2-11)6-10(7-9)13(17,18)19;/h5-7,11,20H,1-4H2;1H. The molecule has 0 spiro atoms. The first-order valence-corrected chi connectivity index (χ1v) is 6.18. The van der Waals surface area contributed by atoms with Gasteiger partial charge >= 0.3 is 12.4 Å². The summed E-state index contributed by atoms with van der Waals surface area (Å²) >= 11 is 0. The predicted molar refractivity (Wildman–Crippen MR) is 68.4 cm³/mol. The lowest BCUT2D eigenvalue weighted by Crippen LogP contribution is -2.20. The van der Waals surface area contributed by atoms with Crippen molar-refractivity contribution in [1.29, 1.82) is 0 Å². The van der Waals surface area contributed by atoms with Gasteiger partial charge in [0.15, 0.2) is 0 Å². The van der Waals surface area contributed by atoms with Crippen LogP contribution < -0.4 is 5.32 Å². The van der Waals surface area contributed by atoms with Crippen molar-refractivity contribution < 1.29 is 26.3 Å². The van der Waals surface area contributed by atoms with Crippen molar-refractivity contribution in [1.82, 2.24) is 5.32 Å². The Morgan fingerprint density at radius 2 is 1.38 bits per heavy atom. The largest absolute Gasteiger partial charge is 0.416 e. The number of benzene rings is 1. The van der Waals surface area contributed by atoms with Crippen LogP contribution in [0.3, 0.4) is 0 Å². The zero-order valence-corrected chi connectivity index (χ0v) is 11.6. The van der Waals surface area contributed by atoms with Crippen LogP contribution in [0.2, 0.25) is 0 Å². The maximum atomic E-state index is 12.6. The van der Waals surface area contributed by atoms with Gasteiger partial charge in [-0.15, -0.1) is 12.4 Å². The highest BCUT2D eigenvalue weighted by molar-refractivity contribution is 5.85. The molecule has 120 valence electrons. The molecule has 0 unspecified atom stereocenters. The molecule has 1 aliphatic carbocycles. The molecule has 0 radical (unpaired) electrons. The van der Waals surface area contributed by atoms with Gasteiger partial charge in [0, 0.05) is 6.04 Å². The van der Waals surface area contributed by atoms with Crippen molar-refractivity contribution in [3.05, 3.63) is 34.9 Å². The average molecular weight is 334 g/mol. The maximum Gasteiger partial charge on any atom is 0.416 e. The van der Waals surface area contributed by atoms with Crippen LogP contribution in [0.4, 0.5) is 26.3 Å². The van der Waals surface area contributed by atoms with Crippen LogP contribution in [-0.4, -0.2) is 12.6 Å². The SMILES string of the molecule is Cl.FC(F)(F)c1cc(CCNC2CC2)cc(C(F)(F)F)c1. The molecule has 1 aromatic rings. The third-order valence-electron chi connectivity index (χ3n) is 3.07. The lowest BCUT2D eigenvalue weighted by molar-refractivity contribution is -0.143. The molecule has 8 heteroatoms. The van der Waals surface area contributed by atoms with E-state index in [1.165, 1.54) is 0 Å². The van der Waals surface area contributed by atoms with Crippen molar-refractivity contribution in [3.63, 3.8) is 0 Å². The van der Waals surface area contributed by atoms with E-state index in [9.17, 15) is 26.3 Å². The molecule has 0 amide bonds. The van der Waals surface area contributed by atoms with E-state index >= 15 is 0 Å². The Morgan fingerprint density at radius 1 is 0.905 bits per heavy atom. The molecule has 1 saturated carbocycles. The maximum absolute atomic E-state index is 12.6.